The number of nitrogens with zero attached hydrogens (tertiary/aromatic N) is 1. The molecular formula is C4H3Br2NOS. The van der Waals surface area contributed by atoms with Crippen LogP contribution in [0.3, 0.4) is 0 Å². The topological polar surface area (TPSA) is 33.1 Å². The number of thiazole rings is 1. The van der Waals surface area contributed by atoms with Crippen LogP contribution in [0.4, 0.5) is 0 Å². The summed E-state index contributed by atoms with van der Waals surface area (Å²) in [5.41, 5.74) is 0. The van der Waals surface area contributed by atoms with Crippen LogP contribution in [0.2, 0.25) is 0 Å². The monoisotopic (exact) mass is 271 g/mol. The van der Waals surface area contributed by atoms with Crippen molar-refractivity contribution in [2.75, 3.05) is 0 Å². The summed E-state index contributed by atoms with van der Waals surface area (Å²) in [6.45, 7) is 0.0455. The second-order valence-electron chi connectivity index (χ2n) is 1.34. The van der Waals surface area contributed by atoms with Gasteiger partial charge in [-0.15, -0.1) is 11.3 Å². The molecule has 0 radical (unpaired) electrons. The Bertz CT molecular complexity index is 212. The van der Waals surface area contributed by atoms with Crippen LogP contribution in [0.25, 0.3) is 0 Å². The third kappa shape index (κ3) is 1.73. The van der Waals surface area contributed by atoms with Crippen LogP contribution < -0.4 is 0 Å². The number of hydrogen-bond acceptors (Lipinski definition) is 3. The molecule has 0 aliphatic heterocycles. The summed E-state index contributed by atoms with van der Waals surface area (Å²) in [6.07, 6.45) is 0. The molecule has 1 aromatic rings. The molecule has 0 saturated heterocycles. The van der Waals surface area contributed by atoms with Gasteiger partial charge in [0.25, 0.3) is 0 Å². The molecule has 5 heteroatoms. The molecule has 9 heavy (non-hydrogen) atoms. The Morgan fingerprint density at radius 2 is 2.22 bits per heavy atom. The Kier molecular flexibility index (Phi) is 2.63. The molecule has 1 N–H and O–H groups in total. The summed E-state index contributed by atoms with van der Waals surface area (Å²) in [5.74, 6) is 0. The van der Waals surface area contributed by atoms with Crippen molar-refractivity contribution in [3.05, 3.63) is 13.4 Å². The summed E-state index contributed by atoms with van der Waals surface area (Å²) < 4.78 is 1.51. The van der Waals surface area contributed by atoms with Gasteiger partial charge >= 0.3 is 0 Å². The molecule has 1 rings (SSSR count). The van der Waals surface area contributed by atoms with Gasteiger partial charge in [-0.3, -0.25) is 0 Å². The fourth-order valence-electron chi connectivity index (χ4n) is 0.404. The smallest absolute Gasteiger partial charge is 0.160 e. The van der Waals surface area contributed by atoms with Crippen LogP contribution >= 0.6 is 43.2 Å². The van der Waals surface area contributed by atoms with Gasteiger partial charge in [0, 0.05) is 0 Å². The summed E-state index contributed by atoms with van der Waals surface area (Å²) >= 11 is 7.80. The van der Waals surface area contributed by atoms with Gasteiger partial charge in [0.2, 0.25) is 0 Å². The average molecular weight is 273 g/mol. The van der Waals surface area contributed by atoms with Crippen LogP contribution in [0.5, 0.6) is 0 Å². The molecular weight excluding hydrogens is 270 g/mol. The van der Waals surface area contributed by atoms with Crippen molar-refractivity contribution < 1.29 is 5.11 Å². The zero-order valence-corrected chi connectivity index (χ0v) is 8.25. The Morgan fingerprint density at radius 3 is 2.44 bits per heavy atom. The van der Waals surface area contributed by atoms with E-state index in [0.717, 1.165) is 13.4 Å². The lowest BCUT2D eigenvalue weighted by atomic mass is 10.6. The van der Waals surface area contributed by atoms with Crippen LogP contribution in [-0.4, -0.2) is 10.1 Å². The molecule has 0 saturated carbocycles. The van der Waals surface area contributed by atoms with E-state index >= 15 is 0 Å². The molecule has 0 aromatic carbocycles. The van der Waals surface area contributed by atoms with Gasteiger partial charge in [-0.25, -0.2) is 4.98 Å². The third-order valence-corrected chi connectivity index (χ3v) is 3.18. The van der Waals surface area contributed by atoms with Gasteiger partial charge in [0.1, 0.15) is 4.60 Å². The second kappa shape index (κ2) is 3.09. The second-order valence-corrected chi connectivity index (χ2v) is 4.45. The first-order chi connectivity index (χ1) is 4.24. The number of halogens is 2. The highest BCUT2D eigenvalue weighted by molar-refractivity contribution is 9.11. The largest absolute Gasteiger partial charge is 0.391 e. The van der Waals surface area contributed by atoms with E-state index in [-0.39, 0.29) is 6.61 Å². The van der Waals surface area contributed by atoms with E-state index in [1.54, 1.807) is 0 Å². The molecule has 2 nitrogen and oxygen atoms in total. The number of aliphatic hydroxyl groups excluding tert-OH is 1. The number of hydrogen-bond donors (Lipinski definition) is 1. The Balaban J connectivity index is 3.01. The SMILES string of the molecule is OCc1sc(Br)nc1Br. The fraction of sp³-hybridized carbons (Fsp3) is 0.250. The maximum Gasteiger partial charge on any atom is 0.160 e. The van der Waals surface area contributed by atoms with Crippen molar-refractivity contribution in [2.45, 2.75) is 6.61 Å². The Morgan fingerprint density at radius 1 is 1.56 bits per heavy atom. The van der Waals surface area contributed by atoms with Crippen LogP contribution in [0.15, 0.2) is 8.52 Å². The van der Waals surface area contributed by atoms with Crippen molar-refractivity contribution in [3.8, 4) is 0 Å². The fourth-order valence-corrected chi connectivity index (χ4v) is 2.60. The average Bonchev–Trinajstić information content (AvgIpc) is 2.10. The first-order valence-electron chi connectivity index (χ1n) is 2.15. The molecule has 0 atom stereocenters. The van der Waals surface area contributed by atoms with E-state index < -0.39 is 0 Å². The molecule has 0 spiro atoms. The first kappa shape index (κ1) is 7.65. The van der Waals surface area contributed by atoms with Gasteiger partial charge < -0.3 is 5.11 Å². The van der Waals surface area contributed by atoms with E-state index in [0.29, 0.717) is 0 Å². The molecule has 1 aromatic heterocycles. The van der Waals surface area contributed by atoms with E-state index in [9.17, 15) is 0 Å². The number of rotatable bonds is 1. The maximum absolute atomic E-state index is 8.65. The lowest BCUT2D eigenvalue weighted by molar-refractivity contribution is 0.284. The van der Waals surface area contributed by atoms with Crippen molar-refractivity contribution >= 4 is 43.2 Å². The third-order valence-electron chi connectivity index (χ3n) is 0.767. The molecule has 0 unspecified atom stereocenters. The summed E-state index contributed by atoms with van der Waals surface area (Å²) in [6, 6.07) is 0. The van der Waals surface area contributed by atoms with Gasteiger partial charge in [0.15, 0.2) is 3.92 Å². The zero-order valence-electron chi connectivity index (χ0n) is 4.27. The molecule has 0 aliphatic carbocycles. The Labute approximate surface area is 73.2 Å². The minimum Gasteiger partial charge on any atom is -0.391 e. The standard InChI is InChI=1S/C4H3Br2NOS/c5-3-2(1-8)9-4(6)7-3/h8H,1H2. The van der Waals surface area contributed by atoms with Crippen LogP contribution in [-0.2, 0) is 6.61 Å². The van der Waals surface area contributed by atoms with E-state index in [4.69, 9.17) is 5.11 Å². The van der Waals surface area contributed by atoms with E-state index in [2.05, 4.69) is 36.8 Å². The minimum absolute atomic E-state index is 0.0455. The highest BCUT2D eigenvalue weighted by Gasteiger charge is 2.03. The van der Waals surface area contributed by atoms with Gasteiger partial charge in [-0.1, -0.05) is 0 Å². The molecule has 50 valence electrons. The predicted molar refractivity (Wildman–Crippen MR) is 43.4 cm³/mol. The minimum atomic E-state index is 0.0455. The van der Waals surface area contributed by atoms with E-state index in [1.165, 1.54) is 11.3 Å². The van der Waals surface area contributed by atoms with Gasteiger partial charge in [0.05, 0.1) is 11.5 Å². The zero-order chi connectivity index (χ0) is 6.85. The highest BCUT2D eigenvalue weighted by atomic mass is 79.9. The van der Waals surface area contributed by atoms with Gasteiger partial charge in [-0.05, 0) is 31.9 Å². The first-order valence-corrected chi connectivity index (χ1v) is 4.56. The highest BCUT2D eigenvalue weighted by Crippen LogP contribution is 2.26. The summed E-state index contributed by atoms with van der Waals surface area (Å²) in [5, 5.41) is 8.65. The lowest BCUT2D eigenvalue weighted by Crippen LogP contribution is -1.75. The van der Waals surface area contributed by atoms with Crippen molar-refractivity contribution in [1.82, 2.24) is 4.98 Å². The maximum atomic E-state index is 8.65. The summed E-state index contributed by atoms with van der Waals surface area (Å²) in [4.78, 5) is 4.82. The van der Waals surface area contributed by atoms with Gasteiger partial charge in [-0.2, -0.15) is 0 Å². The number of aliphatic hydroxyl groups is 1. The summed E-state index contributed by atoms with van der Waals surface area (Å²) in [7, 11) is 0. The van der Waals surface area contributed by atoms with Crippen molar-refractivity contribution in [3.63, 3.8) is 0 Å². The molecule has 1 heterocycles. The molecule has 0 aliphatic rings. The normalized spacial score (nSPS) is 10.1. The lowest BCUT2D eigenvalue weighted by Gasteiger charge is -1.83. The van der Waals surface area contributed by atoms with Crippen molar-refractivity contribution in [2.24, 2.45) is 0 Å². The van der Waals surface area contributed by atoms with E-state index in [1.807, 2.05) is 0 Å². The van der Waals surface area contributed by atoms with Crippen molar-refractivity contribution in [1.29, 1.82) is 0 Å². The molecule has 0 bridgehead atoms. The number of aromatic nitrogens is 1. The molecule has 0 fully saturated rings. The molecule has 0 amide bonds. The van der Waals surface area contributed by atoms with Crippen LogP contribution in [0.1, 0.15) is 4.88 Å². The quantitative estimate of drug-likeness (QED) is 0.850. The Hall–Kier alpha value is 0.550. The predicted octanol–water partition coefficient (Wildman–Crippen LogP) is 2.16. The van der Waals surface area contributed by atoms with Crippen LogP contribution in [0, 0.1) is 0 Å².